The highest BCUT2D eigenvalue weighted by Crippen LogP contribution is 1.94. The van der Waals surface area contributed by atoms with Crippen LogP contribution in [0.2, 0.25) is 0 Å². The molecule has 0 saturated heterocycles. The van der Waals surface area contributed by atoms with Crippen LogP contribution in [0.4, 0.5) is 0 Å². The molecule has 1 heterocycles. The van der Waals surface area contributed by atoms with E-state index in [1.54, 1.807) is 6.20 Å². The number of nitrogens with one attached hydrogen (secondary N) is 2. The summed E-state index contributed by atoms with van der Waals surface area (Å²) >= 11 is 0. The molecule has 5 nitrogen and oxygen atoms in total. The van der Waals surface area contributed by atoms with E-state index in [1.165, 1.54) is 0 Å². The Bertz CT molecular complexity index is 293. The average molecular weight is 224 g/mol. The maximum atomic E-state index is 11.6. The molecule has 0 saturated carbocycles. The molecule has 90 valence electrons. The summed E-state index contributed by atoms with van der Waals surface area (Å²) in [4.78, 5) is 13.5. The average Bonchev–Trinajstić information content (AvgIpc) is 2.79. The van der Waals surface area contributed by atoms with Gasteiger partial charge in [0.15, 0.2) is 0 Å². The molecule has 0 aliphatic carbocycles. The second kappa shape index (κ2) is 7.00. The van der Waals surface area contributed by atoms with E-state index in [9.17, 15) is 4.79 Å². The van der Waals surface area contributed by atoms with Gasteiger partial charge in [0.1, 0.15) is 0 Å². The number of carbonyl (C=O) groups is 1. The van der Waals surface area contributed by atoms with Crippen LogP contribution in [0.25, 0.3) is 0 Å². The number of amides is 1. The molecule has 1 rings (SSSR count). The minimum atomic E-state index is 0.210. The number of nitrogens with zero attached hydrogens (tertiary/aromatic N) is 2. The molecule has 0 fully saturated rings. The molecule has 1 aromatic rings. The van der Waals surface area contributed by atoms with Gasteiger partial charge in [-0.15, -0.1) is 0 Å². The van der Waals surface area contributed by atoms with Gasteiger partial charge in [-0.3, -0.25) is 9.89 Å². The fourth-order valence-corrected chi connectivity index (χ4v) is 1.54. The Hall–Kier alpha value is -1.36. The summed E-state index contributed by atoms with van der Waals surface area (Å²) in [5, 5.41) is 9.92. The first-order chi connectivity index (χ1) is 7.77. The van der Waals surface area contributed by atoms with Gasteiger partial charge in [-0.1, -0.05) is 0 Å². The van der Waals surface area contributed by atoms with Gasteiger partial charge >= 0.3 is 0 Å². The number of aromatic nitrogens is 2. The summed E-state index contributed by atoms with van der Waals surface area (Å²) in [5.74, 6) is 0.210. The van der Waals surface area contributed by atoms with Crippen molar-refractivity contribution < 1.29 is 4.79 Å². The lowest BCUT2D eigenvalue weighted by molar-refractivity contribution is -0.130. The predicted molar refractivity (Wildman–Crippen MR) is 62.8 cm³/mol. The molecular formula is C11H20N4O. The molecule has 1 amide bonds. The summed E-state index contributed by atoms with van der Waals surface area (Å²) in [6, 6.07) is 1.92. The highest BCUT2D eigenvalue weighted by Gasteiger charge is 2.07. The third kappa shape index (κ3) is 4.02. The van der Waals surface area contributed by atoms with Gasteiger partial charge < -0.3 is 10.2 Å². The van der Waals surface area contributed by atoms with Crippen LogP contribution in [-0.2, 0) is 11.3 Å². The monoisotopic (exact) mass is 224 g/mol. The highest BCUT2D eigenvalue weighted by atomic mass is 16.2. The zero-order chi connectivity index (χ0) is 11.8. The normalized spacial score (nSPS) is 10.4. The van der Waals surface area contributed by atoms with Crippen molar-refractivity contribution in [3.63, 3.8) is 0 Å². The Morgan fingerprint density at radius 2 is 2.25 bits per heavy atom. The number of hydrogen-bond donors (Lipinski definition) is 2. The van der Waals surface area contributed by atoms with E-state index in [0.29, 0.717) is 13.0 Å². The lowest BCUT2D eigenvalue weighted by Gasteiger charge is -2.18. The zero-order valence-corrected chi connectivity index (χ0v) is 9.99. The van der Waals surface area contributed by atoms with Gasteiger partial charge in [-0.25, -0.2) is 0 Å². The van der Waals surface area contributed by atoms with Crippen LogP contribution in [-0.4, -0.2) is 40.6 Å². The Labute approximate surface area is 96.2 Å². The summed E-state index contributed by atoms with van der Waals surface area (Å²) in [5.41, 5.74) is 1.04. The molecule has 0 spiro atoms. The summed E-state index contributed by atoms with van der Waals surface area (Å²) < 4.78 is 0. The van der Waals surface area contributed by atoms with Crippen molar-refractivity contribution in [1.82, 2.24) is 20.4 Å². The molecule has 1 aromatic heterocycles. The van der Waals surface area contributed by atoms with Crippen LogP contribution < -0.4 is 5.32 Å². The van der Waals surface area contributed by atoms with Crippen LogP contribution in [0.15, 0.2) is 12.3 Å². The Morgan fingerprint density at radius 1 is 1.50 bits per heavy atom. The summed E-state index contributed by atoms with van der Waals surface area (Å²) in [7, 11) is 0. The van der Waals surface area contributed by atoms with E-state index >= 15 is 0 Å². The molecule has 16 heavy (non-hydrogen) atoms. The van der Waals surface area contributed by atoms with E-state index < -0.39 is 0 Å². The van der Waals surface area contributed by atoms with E-state index in [4.69, 9.17) is 0 Å². The van der Waals surface area contributed by atoms with Gasteiger partial charge in [0.05, 0.1) is 0 Å². The van der Waals surface area contributed by atoms with Gasteiger partial charge in [0.2, 0.25) is 5.91 Å². The lowest BCUT2D eigenvalue weighted by atomic mass is 10.3. The fourth-order valence-electron chi connectivity index (χ4n) is 1.54. The van der Waals surface area contributed by atoms with Crippen molar-refractivity contribution in [2.24, 2.45) is 0 Å². The van der Waals surface area contributed by atoms with E-state index in [2.05, 4.69) is 15.5 Å². The number of hydrogen-bond acceptors (Lipinski definition) is 3. The maximum Gasteiger partial charge on any atom is 0.223 e. The van der Waals surface area contributed by atoms with Crippen molar-refractivity contribution >= 4 is 5.91 Å². The highest BCUT2D eigenvalue weighted by molar-refractivity contribution is 5.76. The molecule has 0 radical (unpaired) electrons. The second-order valence-corrected chi connectivity index (χ2v) is 3.57. The quantitative estimate of drug-likeness (QED) is 0.672. The summed E-state index contributed by atoms with van der Waals surface area (Å²) in [6.07, 6.45) is 2.27. The van der Waals surface area contributed by atoms with Crippen LogP contribution in [0.1, 0.15) is 26.0 Å². The number of H-pyrrole nitrogens is 1. The Kier molecular flexibility index (Phi) is 5.56. The topological polar surface area (TPSA) is 61.0 Å². The Balaban J connectivity index is 2.13. The zero-order valence-electron chi connectivity index (χ0n) is 9.99. The van der Waals surface area contributed by atoms with Crippen molar-refractivity contribution in [3.05, 3.63) is 18.0 Å². The number of carbonyl (C=O) groups excluding carboxylic acids is 1. The molecule has 0 atom stereocenters. The maximum absolute atomic E-state index is 11.6. The van der Waals surface area contributed by atoms with E-state index in [1.807, 2.05) is 24.8 Å². The van der Waals surface area contributed by atoms with Gasteiger partial charge in [-0.2, -0.15) is 5.10 Å². The first-order valence-electron chi connectivity index (χ1n) is 5.74. The smallest absolute Gasteiger partial charge is 0.223 e. The lowest BCUT2D eigenvalue weighted by Crippen LogP contribution is -2.32. The van der Waals surface area contributed by atoms with E-state index in [0.717, 1.165) is 25.3 Å². The van der Waals surface area contributed by atoms with Crippen LogP contribution in [0.3, 0.4) is 0 Å². The number of aromatic amines is 1. The first-order valence-corrected chi connectivity index (χ1v) is 5.74. The molecule has 0 aliphatic rings. The third-order valence-corrected chi connectivity index (χ3v) is 2.51. The van der Waals surface area contributed by atoms with Gasteiger partial charge in [-0.05, 0) is 19.9 Å². The minimum Gasteiger partial charge on any atom is -0.343 e. The molecular weight excluding hydrogens is 204 g/mol. The summed E-state index contributed by atoms with van der Waals surface area (Å²) in [6.45, 7) is 7.00. The van der Waals surface area contributed by atoms with E-state index in [-0.39, 0.29) is 5.91 Å². The van der Waals surface area contributed by atoms with Crippen molar-refractivity contribution in [3.8, 4) is 0 Å². The minimum absolute atomic E-state index is 0.210. The molecule has 0 bridgehead atoms. The SMILES string of the molecule is CCN(CC)C(=O)CCNCc1ccn[nH]1. The van der Waals surface area contributed by atoms with Gasteiger partial charge in [0, 0.05) is 44.5 Å². The van der Waals surface area contributed by atoms with Crippen LogP contribution >= 0.6 is 0 Å². The number of rotatable bonds is 7. The standard InChI is InChI=1S/C11H20N4O/c1-3-15(4-2)11(16)6-7-12-9-10-5-8-13-14-10/h5,8,12H,3-4,6-7,9H2,1-2H3,(H,13,14). The third-order valence-electron chi connectivity index (χ3n) is 2.51. The Morgan fingerprint density at radius 3 is 2.81 bits per heavy atom. The molecule has 5 heteroatoms. The van der Waals surface area contributed by atoms with Crippen LogP contribution in [0.5, 0.6) is 0 Å². The fraction of sp³-hybridized carbons (Fsp3) is 0.636. The van der Waals surface area contributed by atoms with Crippen molar-refractivity contribution in [2.75, 3.05) is 19.6 Å². The predicted octanol–water partition coefficient (Wildman–Crippen LogP) is 0.758. The second-order valence-electron chi connectivity index (χ2n) is 3.57. The molecule has 0 unspecified atom stereocenters. The van der Waals surface area contributed by atoms with Crippen molar-refractivity contribution in [1.29, 1.82) is 0 Å². The van der Waals surface area contributed by atoms with Crippen molar-refractivity contribution in [2.45, 2.75) is 26.8 Å². The first kappa shape index (κ1) is 12.7. The van der Waals surface area contributed by atoms with Crippen LogP contribution in [0, 0.1) is 0 Å². The molecule has 2 N–H and O–H groups in total. The van der Waals surface area contributed by atoms with Gasteiger partial charge in [0.25, 0.3) is 0 Å². The molecule has 0 aromatic carbocycles. The largest absolute Gasteiger partial charge is 0.343 e. The molecule has 0 aliphatic heterocycles.